The maximum Gasteiger partial charge on any atom is 0.0701 e. The van der Waals surface area contributed by atoms with Gasteiger partial charge in [-0.15, -0.1) is 0 Å². The van der Waals surface area contributed by atoms with Crippen LogP contribution >= 0.6 is 0 Å². The summed E-state index contributed by atoms with van der Waals surface area (Å²) in [5.41, 5.74) is 0.364. The van der Waals surface area contributed by atoms with Crippen LogP contribution in [0, 0.1) is 5.41 Å². The molecular formula is C23H48O4. The Morgan fingerprint density at radius 2 is 1.04 bits per heavy atom. The van der Waals surface area contributed by atoms with Gasteiger partial charge in [-0.05, 0) is 24.7 Å². The van der Waals surface area contributed by atoms with E-state index in [-0.39, 0.29) is 6.61 Å². The zero-order valence-corrected chi connectivity index (χ0v) is 18.6. The molecule has 0 saturated heterocycles. The number of rotatable bonds is 22. The minimum atomic E-state index is 0.0687. The standard InChI is InChI=1S/C23H48O4/c1-4-7-10-12-15-23(13-9-6-3,14-11-8-5-2)22-27-21-20-26-19-18-25-17-16-24/h24H,4-22H2,1-3H3. The van der Waals surface area contributed by atoms with Gasteiger partial charge in [0, 0.05) is 0 Å². The van der Waals surface area contributed by atoms with E-state index in [0.29, 0.717) is 38.4 Å². The quantitative estimate of drug-likeness (QED) is 0.240. The maximum atomic E-state index is 8.66. The molecule has 0 spiro atoms. The summed E-state index contributed by atoms with van der Waals surface area (Å²) in [5, 5.41) is 8.66. The topological polar surface area (TPSA) is 47.9 Å². The summed E-state index contributed by atoms with van der Waals surface area (Å²) in [6.07, 6.45) is 15.8. The van der Waals surface area contributed by atoms with Crippen molar-refractivity contribution >= 4 is 0 Å². The van der Waals surface area contributed by atoms with Gasteiger partial charge >= 0.3 is 0 Å². The van der Waals surface area contributed by atoms with Crippen LogP contribution in [-0.4, -0.2) is 51.4 Å². The van der Waals surface area contributed by atoms with E-state index in [4.69, 9.17) is 19.3 Å². The van der Waals surface area contributed by atoms with Gasteiger partial charge in [-0.3, -0.25) is 0 Å². The second-order valence-electron chi connectivity index (χ2n) is 7.87. The lowest BCUT2D eigenvalue weighted by Gasteiger charge is -2.34. The minimum absolute atomic E-state index is 0.0687. The Labute approximate surface area is 169 Å². The van der Waals surface area contributed by atoms with Crippen molar-refractivity contribution in [3.63, 3.8) is 0 Å². The van der Waals surface area contributed by atoms with Crippen LogP contribution in [0.25, 0.3) is 0 Å². The lowest BCUT2D eigenvalue weighted by Crippen LogP contribution is -2.28. The molecule has 0 rings (SSSR count). The molecule has 0 aromatic carbocycles. The number of aliphatic hydroxyl groups excluding tert-OH is 1. The molecule has 1 unspecified atom stereocenters. The molecule has 164 valence electrons. The molecule has 4 nitrogen and oxygen atoms in total. The zero-order valence-electron chi connectivity index (χ0n) is 18.6. The summed E-state index contributed by atoms with van der Waals surface area (Å²) in [5.74, 6) is 0. The fourth-order valence-electron chi connectivity index (χ4n) is 3.61. The average molecular weight is 389 g/mol. The number of hydrogen-bond donors (Lipinski definition) is 1. The third kappa shape index (κ3) is 16.5. The molecule has 0 amide bonds. The third-order valence-electron chi connectivity index (χ3n) is 5.32. The van der Waals surface area contributed by atoms with Crippen molar-refractivity contribution in [1.82, 2.24) is 0 Å². The highest BCUT2D eigenvalue weighted by Crippen LogP contribution is 2.37. The monoisotopic (exact) mass is 388 g/mol. The normalized spacial score (nSPS) is 13.8. The van der Waals surface area contributed by atoms with E-state index >= 15 is 0 Å². The van der Waals surface area contributed by atoms with Gasteiger partial charge in [-0.1, -0.05) is 78.6 Å². The van der Waals surface area contributed by atoms with Crippen LogP contribution < -0.4 is 0 Å². The highest BCUT2D eigenvalue weighted by molar-refractivity contribution is 4.79. The number of ether oxygens (including phenoxy) is 3. The summed E-state index contributed by atoms with van der Waals surface area (Å²) < 4.78 is 16.9. The van der Waals surface area contributed by atoms with Crippen LogP contribution in [0.1, 0.15) is 97.8 Å². The Balaban J connectivity index is 4.29. The van der Waals surface area contributed by atoms with E-state index in [1.54, 1.807) is 0 Å². The molecule has 1 atom stereocenters. The van der Waals surface area contributed by atoms with E-state index in [2.05, 4.69) is 20.8 Å². The SMILES string of the molecule is CCCCCCC(CCCC)(CCCCC)COCCOCCOCCO. The van der Waals surface area contributed by atoms with Crippen molar-refractivity contribution in [2.45, 2.75) is 97.8 Å². The molecule has 0 aliphatic rings. The van der Waals surface area contributed by atoms with Gasteiger partial charge in [0.15, 0.2) is 0 Å². The first-order valence-electron chi connectivity index (χ1n) is 11.6. The molecule has 0 saturated carbocycles. The first-order chi connectivity index (χ1) is 13.2. The largest absolute Gasteiger partial charge is 0.394 e. The van der Waals surface area contributed by atoms with Crippen molar-refractivity contribution in [3.05, 3.63) is 0 Å². The fourth-order valence-corrected chi connectivity index (χ4v) is 3.61. The summed E-state index contributed by atoms with van der Waals surface area (Å²) in [6, 6.07) is 0. The van der Waals surface area contributed by atoms with Crippen molar-refractivity contribution in [1.29, 1.82) is 0 Å². The van der Waals surface area contributed by atoms with Crippen LogP contribution in [0.4, 0.5) is 0 Å². The molecule has 0 heterocycles. The molecule has 0 aliphatic heterocycles. The second kappa shape index (κ2) is 20.6. The predicted molar refractivity (Wildman–Crippen MR) is 114 cm³/mol. The Morgan fingerprint density at radius 3 is 1.63 bits per heavy atom. The Hall–Kier alpha value is -0.160. The highest BCUT2D eigenvalue weighted by atomic mass is 16.5. The zero-order chi connectivity index (χ0) is 20.1. The van der Waals surface area contributed by atoms with Crippen molar-refractivity contribution in [3.8, 4) is 0 Å². The first-order valence-corrected chi connectivity index (χ1v) is 11.6. The molecule has 0 bridgehead atoms. The van der Waals surface area contributed by atoms with Gasteiger partial charge in [0.1, 0.15) is 0 Å². The van der Waals surface area contributed by atoms with Gasteiger partial charge in [-0.2, -0.15) is 0 Å². The van der Waals surface area contributed by atoms with Gasteiger partial charge in [-0.25, -0.2) is 0 Å². The van der Waals surface area contributed by atoms with Gasteiger partial charge in [0.2, 0.25) is 0 Å². The molecular weight excluding hydrogens is 340 g/mol. The molecule has 1 N–H and O–H groups in total. The summed E-state index contributed by atoms with van der Waals surface area (Å²) in [4.78, 5) is 0. The van der Waals surface area contributed by atoms with E-state index in [0.717, 1.165) is 6.61 Å². The molecule has 0 aromatic rings. The van der Waals surface area contributed by atoms with Gasteiger partial charge in [0.05, 0.1) is 46.2 Å². The molecule has 0 aliphatic carbocycles. The number of aliphatic hydroxyl groups is 1. The Bertz CT molecular complexity index is 286. The summed E-state index contributed by atoms with van der Waals surface area (Å²) in [6.45, 7) is 10.6. The summed E-state index contributed by atoms with van der Waals surface area (Å²) >= 11 is 0. The fraction of sp³-hybridized carbons (Fsp3) is 1.00. The smallest absolute Gasteiger partial charge is 0.0701 e. The van der Waals surface area contributed by atoms with Crippen LogP contribution in [0.2, 0.25) is 0 Å². The highest BCUT2D eigenvalue weighted by Gasteiger charge is 2.28. The third-order valence-corrected chi connectivity index (χ3v) is 5.32. The molecule has 0 aromatic heterocycles. The van der Waals surface area contributed by atoms with Gasteiger partial charge in [0.25, 0.3) is 0 Å². The summed E-state index contributed by atoms with van der Waals surface area (Å²) in [7, 11) is 0. The first kappa shape index (κ1) is 26.8. The predicted octanol–water partition coefficient (Wildman–Crippen LogP) is 5.76. The maximum absolute atomic E-state index is 8.66. The van der Waals surface area contributed by atoms with E-state index in [1.807, 2.05) is 0 Å². The molecule has 0 radical (unpaired) electrons. The Kier molecular flexibility index (Phi) is 20.4. The van der Waals surface area contributed by atoms with Crippen LogP contribution in [-0.2, 0) is 14.2 Å². The van der Waals surface area contributed by atoms with Crippen molar-refractivity contribution in [2.24, 2.45) is 5.41 Å². The van der Waals surface area contributed by atoms with Crippen LogP contribution in [0.3, 0.4) is 0 Å². The second-order valence-corrected chi connectivity index (χ2v) is 7.87. The Morgan fingerprint density at radius 1 is 0.556 bits per heavy atom. The van der Waals surface area contributed by atoms with Crippen LogP contribution in [0.5, 0.6) is 0 Å². The molecule has 4 heteroatoms. The average Bonchev–Trinajstić information content (AvgIpc) is 2.68. The lowest BCUT2D eigenvalue weighted by molar-refractivity contribution is -0.0211. The van der Waals surface area contributed by atoms with Crippen molar-refractivity contribution in [2.75, 3.05) is 46.2 Å². The number of hydrogen-bond acceptors (Lipinski definition) is 4. The molecule has 0 fully saturated rings. The van der Waals surface area contributed by atoms with Crippen LogP contribution in [0.15, 0.2) is 0 Å². The minimum Gasteiger partial charge on any atom is -0.394 e. The molecule has 27 heavy (non-hydrogen) atoms. The number of unbranched alkanes of at least 4 members (excludes halogenated alkanes) is 6. The van der Waals surface area contributed by atoms with E-state index < -0.39 is 0 Å². The lowest BCUT2D eigenvalue weighted by atomic mass is 9.75. The van der Waals surface area contributed by atoms with Gasteiger partial charge < -0.3 is 19.3 Å². The van der Waals surface area contributed by atoms with Crippen molar-refractivity contribution < 1.29 is 19.3 Å². The van der Waals surface area contributed by atoms with E-state index in [1.165, 1.54) is 77.0 Å². The van der Waals surface area contributed by atoms with E-state index in [9.17, 15) is 0 Å².